The number of ether oxygens (including phenoxy) is 1. The fraction of sp³-hybridized carbons (Fsp3) is 0.222. The minimum absolute atomic E-state index is 0.0307. The normalized spacial score (nSPS) is 11.6. The number of carbonyl (C=O) groups excluding carboxylic acids is 1. The molecule has 0 spiro atoms. The van der Waals surface area contributed by atoms with Crippen molar-refractivity contribution in [1.29, 1.82) is 0 Å². The molecule has 2 aromatic carbocycles. The van der Waals surface area contributed by atoms with E-state index in [9.17, 15) is 19.6 Å². The van der Waals surface area contributed by atoms with Crippen LogP contribution in [0.3, 0.4) is 0 Å². The zero-order chi connectivity index (χ0) is 20.0. The van der Waals surface area contributed by atoms with Gasteiger partial charge in [0, 0.05) is 4.47 Å². The van der Waals surface area contributed by atoms with Crippen molar-refractivity contribution in [1.82, 2.24) is 5.32 Å². The number of amides is 1. The first-order valence-electron chi connectivity index (χ1n) is 8.10. The molecule has 1 atom stereocenters. The quantitative estimate of drug-likeness (QED) is 0.466. The Labute approximate surface area is 165 Å². The van der Waals surface area contributed by atoms with E-state index in [0.717, 1.165) is 0 Å². The maximum absolute atomic E-state index is 12.3. The van der Waals surface area contributed by atoms with Gasteiger partial charge in [-0.2, -0.15) is 0 Å². The van der Waals surface area contributed by atoms with Gasteiger partial charge in [0.05, 0.1) is 25.0 Å². The molecule has 0 saturated carbocycles. The smallest absolute Gasteiger partial charge is 0.475 e. The highest BCUT2D eigenvalue weighted by Gasteiger charge is 2.26. The first kappa shape index (κ1) is 21.0. The summed E-state index contributed by atoms with van der Waals surface area (Å²) in [7, 11) is -0.248. The Balaban J connectivity index is 2.06. The van der Waals surface area contributed by atoms with Crippen LogP contribution in [0.15, 0.2) is 46.9 Å². The lowest BCUT2D eigenvalue weighted by molar-refractivity contribution is -0.120. The molecule has 9 heteroatoms. The Hall–Kier alpha value is -2.36. The molecule has 0 aliphatic carbocycles. The summed E-state index contributed by atoms with van der Waals surface area (Å²) in [4.78, 5) is 23.4. The van der Waals surface area contributed by atoms with E-state index in [0.29, 0.717) is 21.3 Å². The van der Waals surface area contributed by atoms with Gasteiger partial charge < -0.3 is 25.2 Å². The summed E-state index contributed by atoms with van der Waals surface area (Å²) in [6.45, 7) is 0. The third kappa shape index (κ3) is 6.09. The van der Waals surface area contributed by atoms with Crippen molar-refractivity contribution in [3.63, 3.8) is 0 Å². The summed E-state index contributed by atoms with van der Waals surface area (Å²) in [6, 6.07) is 11.3. The van der Waals surface area contributed by atoms with Gasteiger partial charge in [-0.15, -0.1) is 0 Å². The molecule has 0 aliphatic heterocycles. The molecule has 2 aromatic rings. The number of carboxylic acids is 1. The Kier molecular flexibility index (Phi) is 7.40. The van der Waals surface area contributed by atoms with E-state index in [1.165, 1.54) is 12.1 Å². The first-order valence-corrected chi connectivity index (χ1v) is 8.89. The van der Waals surface area contributed by atoms with Crippen molar-refractivity contribution in [2.75, 3.05) is 7.11 Å². The fourth-order valence-corrected chi connectivity index (χ4v) is 3.04. The number of carboxylic acid groups (broad SMARTS) is 1. The Bertz CT molecular complexity index is 829. The van der Waals surface area contributed by atoms with Crippen LogP contribution in [0, 0.1) is 0 Å². The summed E-state index contributed by atoms with van der Waals surface area (Å²) in [6.07, 6.45) is 0.108. The van der Waals surface area contributed by atoms with E-state index in [1.807, 2.05) is 0 Å². The molecule has 4 N–H and O–H groups in total. The predicted octanol–water partition coefficient (Wildman–Crippen LogP) is 1.44. The molecule has 2 rings (SSSR count). The van der Waals surface area contributed by atoms with Crippen LogP contribution >= 0.6 is 15.9 Å². The highest BCUT2D eigenvalue weighted by atomic mass is 79.9. The highest BCUT2D eigenvalue weighted by Crippen LogP contribution is 2.23. The molecule has 7 nitrogen and oxygen atoms in total. The summed E-state index contributed by atoms with van der Waals surface area (Å²) in [5.41, 5.74) is 1.37. The second kappa shape index (κ2) is 9.54. The van der Waals surface area contributed by atoms with Crippen LogP contribution in [0.2, 0.25) is 0 Å². The highest BCUT2D eigenvalue weighted by molar-refractivity contribution is 9.10. The number of hydrogen-bond donors (Lipinski definition) is 4. The number of carbonyl (C=O) groups is 2. The van der Waals surface area contributed by atoms with E-state index < -0.39 is 24.9 Å². The number of halogens is 1. The standard InChI is InChI=1S/C18H19BBrNO6/c1-27-14-6-5-12(15(20)10-14)9-17(22)21-16(19(25)26)8-11-3-2-4-13(7-11)18(23)24/h2-7,10,16,25-26H,8-9H2,1H3,(H,21,22)(H,23,24)/t16-/m0/s1. The molecule has 0 aromatic heterocycles. The maximum atomic E-state index is 12.3. The van der Waals surface area contributed by atoms with Crippen molar-refractivity contribution < 1.29 is 29.5 Å². The molecule has 0 unspecified atom stereocenters. The van der Waals surface area contributed by atoms with Crippen LogP contribution in [0.25, 0.3) is 0 Å². The second-order valence-corrected chi connectivity index (χ2v) is 6.79. The van der Waals surface area contributed by atoms with Gasteiger partial charge >= 0.3 is 13.1 Å². The molecule has 0 bridgehead atoms. The van der Waals surface area contributed by atoms with Gasteiger partial charge in [-0.05, 0) is 41.8 Å². The van der Waals surface area contributed by atoms with Crippen LogP contribution in [0.5, 0.6) is 5.75 Å². The van der Waals surface area contributed by atoms with Gasteiger partial charge in [0.1, 0.15) is 5.75 Å². The Morgan fingerprint density at radius 3 is 2.56 bits per heavy atom. The monoisotopic (exact) mass is 435 g/mol. The summed E-state index contributed by atoms with van der Waals surface area (Å²) in [5, 5.41) is 30.8. The molecule has 0 radical (unpaired) electrons. The summed E-state index contributed by atoms with van der Waals surface area (Å²) < 4.78 is 5.81. The minimum atomic E-state index is -1.79. The minimum Gasteiger partial charge on any atom is -0.497 e. The van der Waals surface area contributed by atoms with Crippen LogP contribution in [-0.2, 0) is 17.6 Å². The molecule has 1 amide bonds. The number of nitrogens with one attached hydrogen (secondary N) is 1. The fourth-order valence-electron chi connectivity index (χ4n) is 2.55. The molecular formula is C18H19BBrNO6. The van der Waals surface area contributed by atoms with Gasteiger partial charge in [0.2, 0.25) is 5.91 Å². The van der Waals surface area contributed by atoms with Crippen LogP contribution < -0.4 is 10.1 Å². The van der Waals surface area contributed by atoms with E-state index in [2.05, 4.69) is 21.2 Å². The van der Waals surface area contributed by atoms with Crippen molar-refractivity contribution in [2.45, 2.75) is 18.8 Å². The van der Waals surface area contributed by atoms with Gasteiger partial charge in [-0.25, -0.2) is 4.79 Å². The Morgan fingerprint density at radius 1 is 1.22 bits per heavy atom. The van der Waals surface area contributed by atoms with Gasteiger partial charge in [0.25, 0.3) is 0 Å². The molecule has 0 aliphatic rings. The summed E-state index contributed by atoms with van der Waals surface area (Å²) >= 11 is 3.37. The average molecular weight is 436 g/mol. The SMILES string of the molecule is COc1ccc(CC(=O)N[C@@H](Cc2cccc(C(=O)O)c2)B(O)O)c(Br)c1. The van der Waals surface area contributed by atoms with Crippen molar-refractivity contribution in [3.05, 3.63) is 63.6 Å². The number of rotatable bonds is 8. The predicted molar refractivity (Wildman–Crippen MR) is 104 cm³/mol. The lowest BCUT2D eigenvalue weighted by atomic mass is 9.75. The maximum Gasteiger partial charge on any atom is 0.475 e. The van der Waals surface area contributed by atoms with Gasteiger partial charge in [0.15, 0.2) is 0 Å². The average Bonchev–Trinajstić information content (AvgIpc) is 2.63. The lowest BCUT2D eigenvalue weighted by Gasteiger charge is -2.18. The number of aromatic carboxylic acids is 1. The first-order chi connectivity index (χ1) is 12.8. The Morgan fingerprint density at radius 2 is 1.96 bits per heavy atom. The molecular weight excluding hydrogens is 417 g/mol. The molecule has 27 heavy (non-hydrogen) atoms. The van der Waals surface area contributed by atoms with E-state index in [4.69, 9.17) is 9.84 Å². The molecule has 142 valence electrons. The number of benzene rings is 2. The van der Waals surface area contributed by atoms with E-state index >= 15 is 0 Å². The van der Waals surface area contributed by atoms with Crippen LogP contribution in [-0.4, -0.2) is 47.2 Å². The van der Waals surface area contributed by atoms with Gasteiger partial charge in [-0.1, -0.05) is 34.1 Å². The lowest BCUT2D eigenvalue weighted by Crippen LogP contribution is -2.48. The van der Waals surface area contributed by atoms with Crippen molar-refractivity contribution >= 4 is 34.9 Å². The van der Waals surface area contributed by atoms with E-state index in [1.54, 1.807) is 37.4 Å². The van der Waals surface area contributed by atoms with Crippen LogP contribution in [0.1, 0.15) is 21.5 Å². The number of methoxy groups -OCH3 is 1. The summed E-state index contributed by atoms with van der Waals surface area (Å²) in [5.74, 6) is -1.80. The van der Waals surface area contributed by atoms with Crippen molar-refractivity contribution in [3.8, 4) is 5.75 Å². The molecule has 0 saturated heterocycles. The van der Waals surface area contributed by atoms with Gasteiger partial charge in [-0.3, -0.25) is 4.79 Å². The molecule has 0 heterocycles. The van der Waals surface area contributed by atoms with E-state index in [-0.39, 0.29) is 18.4 Å². The molecule has 0 fully saturated rings. The third-order valence-electron chi connectivity index (χ3n) is 3.95. The zero-order valence-corrected chi connectivity index (χ0v) is 16.1. The largest absolute Gasteiger partial charge is 0.497 e. The third-order valence-corrected chi connectivity index (χ3v) is 4.69. The zero-order valence-electron chi connectivity index (χ0n) is 14.6. The van der Waals surface area contributed by atoms with Crippen molar-refractivity contribution in [2.24, 2.45) is 0 Å². The topological polar surface area (TPSA) is 116 Å². The number of hydrogen-bond acceptors (Lipinski definition) is 5. The van der Waals surface area contributed by atoms with Crippen LogP contribution in [0.4, 0.5) is 0 Å². The second-order valence-electron chi connectivity index (χ2n) is 5.93.